The van der Waals surface area contributed by atoms with E-state index in [0.29, 0.717) is 17.0 Å². The molecule has 104 valence electrons. The number of hydrogen-bond acceptors (Lipinski definition) is 4. The van der Waals surface area contributed by atoms with Gasteiger partial charge >= 0.3 is 0 Å². The Hall–Kier alpha value is -2.40. The van der Waals surface area contributed by atoms with E-state index >= 15 is 0 Å². The molecule has 0 saturated heterocycles. The maximum Gasteiger partial charge on any atom is 0.273 e. The molecule has 2 rings (SSSR count). The summed E-state index contributed by atoms with van der Waals surface area (Å²) in [5.74, 6) is -0.0131. The number of carbonyl (C=O) groups is 1. The summed E-state index contributed by atoms with van der Waals surface area (Å²) in [6.45, 7) is 3.54. The molecule has 0 saturated carbocycles. The second-order valence-electron chi connectivity index (χ2n) is 4.41. The minimum absolute atomic E-state index is 0.528. The standard InChI is InChI=1S/C15H16N2O3/c1-10-6-3-4-7-12(10)14(18)15(19)17-16-11(2)13-8-5-9-20-13/h3-9,14,18H,1-2H3,(H,17,19). The molecule has 0 radical (unpaired) electrons. The Bertz CT molecular complexity index is 618. The minimum atomic E-state index is -1.25. The fourth-order valence-corrected chi connectivity index (χ4v) is 1.77. The number of hydrogen-bond donors (Lipinski definition) is 2. The summed E-state index contributed by atoms with van der Waals surface area (Å²) in [4.78, 5) is 11.9. The Morgan fingerprint density at radius 1 is 1.30 bits per heavy atom. The van der Waals surface area contributed by atoms with Gasteiger partial charge in [0.05, 0.1) is 6.26 Å². The molecule has 1 unspecified atom stereocenters. The van der Waals surface area contributed by atoms with Gasteiger partial charge in [0.2, 0.25) is 0 Å². The highest BCUT2D eigenvalue weighted by atomic mass is 16.3. The van der Waals surface area contributed by atoms with Crippen LogP contribution in [-0.2, 0) is 4.79 Å². The zero-order valence-electron chi connectivity index (χ0n) is 11.3. The van der Waals surface area contributed by atoms with Gasteiger partial charge < -0.3 is 9.52 Å². The first-order chi connectivity index (χ1) is 9.59. The van der Waals surface area contributed by atoms with E-state index in [4.69, 9.17) is 4.42 Å². The van der Waals surface area contributed by atoms with Gasteiger partial charge in [-0.3, -0.25) is 4.79 Å². The van der Waals surface area contributed by atoms with Crippen molar-refractivity contribution in [1.29, 1.82) is 0 Å². The third-order valence-electron chi connectivity index (χ3n) is 2.94. The van der Waals surface area contributed by atoms with Crippen LogP contribution in [0, 0.1) is 6.92 Å². The summed E-state index contributed by atoms with van der Waals surface area (Å²) < 4.78 is 5.15. The molecule has 20 heavy (non-hydrogen) atoms. The first-order valence-corrected chi connectivity index (χ1v) is 6.21. The van der Waals surface area contributed by atoms with Crippen LogP contribution >= 0.6 is 0 Å². The third-order valence-corrected chi connectivity index (χ3v) is 2.94. The van der Waals surface area contributed by atoms with Crippen LogP contribution in [0.25, 0.3) is 0 Å². The number of hydrazone groups is 1. The molecule has 1 atom stereocenters. The van der Waals surface area contributed by atoms with Crippen molar-refractivity contribution in [2.24, 2.45) is 5.10 Å². The predicted octanol–water partition coefficient (Wildman–Crippen LogP) is 2.16. The van der Waals surface area contributed by atoms with Crippen LogP contribution in [-0.4, -0.2) is 16.7 Å². The molecule has 0 fully saturated rings. The molecule has 5 heteroatoms. The highest BCUT2D eigenvalue weighted by Gasteiger charge is 2.18. The van der Waals surface area contributed by atoms with Crippen LogP contribution in [0.5, 0.6) is 0 Å². The average Bonchev–Trinajstić information content (AvgIpc) is 2.98. The van der Waals surface area contributed by atoms with Gasteiger partial charge in [0.25, 0.3) is 5.91 Å². The zero-order valence-corrected chi connectivity index (χ0v) is 11.3. The smallest absolute Gasteiger partial charge is 0.273 e. The summed E-state index contributed by atoms with van der Waals surface area (Å²) in [5.41, 5.74) is 4.28. The Morgan fingerprint density at radius 2 is 2.05 bits per heavy atom. The lowest BCUT2D eigenvalue weighted by atomic mass is 10.0. The van der Waals surface area contributed by atoms with E-state index in [-0.39, 0.29) is 0 Å². The van der Waals surface area contributed by atoms with Gasteiger partial charge in [-0.2, -0.15) is 5.10 Å². The van der Waals surface area contributed by atoms with Gasteiger partial charge in [0.15, 0.2) is 6.10 Å². The summed E-state index contributed by atoms with van der Waals surface area (Å²) in [7, 11) is 0. The van der Waals surface area contributed by atoms with Crippen LogP contribution in [0.4, 0.5) is 0 Å². The molecule has 2 N–H and O–H groups in total. The molecule has 0 aliphatic rings. The molecule has 1 aromatic heterocycles. The molecule has 1 amide bonds. The molecule has 0 aliphatic carbocycles. The highest BCUT2D eigenvalue weighted by Crippen LogP contribution is 2.17. The van der Waals surface area contributed by atoms with Gasteiger partial charge in [-0.15, -0.1) is 0 Å². The topological polar surface area (TPSA) is 74.8 Å². The molecule has 1 aromatic carbocycles. The lowest BCUT2D eigenvalue weighted by molar-refractivity contribution is -0.129. The molecule has 1 heterocycles. The molecule has 5 nitrogen and oxygen atoms in total. The molecule has 0 spiro atoms. The Kier molecular flexibility index (Phi) is 4.32. The van der Waals surface area contributed by atoms with Gasteiger partial charge in [-0.25, -0.2) is 5.43 Å². The van der Waals surface area contributed by atoms with E-state index in [2.05, 4.69) is 10.5 Å². The van der Waals surface area contributed by atoms with E-state index in [1.165, 1.54) is 6.26 Å². The van der Waals surface area contributed by atoms with E-state index in [0.717, 1.165) is 5.56 Å². The van der Waals surface area contributed by atoms with Crippen LogP contribution in [0.15, 0.2) is 52.2 Å². The number of aliphatic hydroxyl groups excluding tert-OH is 1. The minimum Gasteiger partial charge on any atom is -0.463 e. The largest absolute Gasteiger partial charge is 0.463 e. The Morgan fingerprint density at radius 3 is 2.70 bits per heavy atom. The van der Waals surface area contributed by atoms with Crippen molar-refractivity contribution in [3.63, 3.8) is 0 Å². The number of furan rings is 1. The van der Waals surface area contributed by atoms with Crippen molar-refractivity contribution < 1.29 is 14.3 Å². The van der Waals surface area contributed by atoms with Gasteiger partial charge in [-0.1, -0.05) is 24.3 Å². The number of nitrogens with zero attached hydrogens (tertiary/aromatic N) is 1. The molecular formula is C15H16N2O3. The first kappa shape index (κ1) is 14.0. The number of aliphatic hydroxyl groups is 1. The monoisotopic (exact) mass is 272 g/mol. The van der Waals surface area contributed by atoms with Gasteiger partial charge in [0, 0.05) is 0 Å². The number of rotatable bonds is 4. The second-order valence-corrected chi connectivity index (χ2v) is 4.41. The van der Waals surface area contributed by atoms with Gasteiger partial charge in [0.1, 0.15) is 11.5 Å². The second kappa shape index (κ2) is 6.16. The lowest BCUT2D eigenvalue weighted by Crippen LogP contribution is -2.26. The zero-order chi connectivity index (χ0) is 14.5. The number of nitrogens with one attached hydrogen (secondary N) is 1. The van der Waals surface area contributed by atoms with E-state index in [1.54, 1.807) is 31.2 Å². The third kappa shape index (κ3) is 3.13. The lowest BCUT2D eigenvalue weighted by Gasteiger charge is -2.11. The van der Waals surface area contributed by atoms with Crippen molar-refractivity contribution in [3.05, 3.63) is 59.5 Å². The van der Waals surface area contributed by atoms with Crippen molar-refractivity contribution >= 4 is 11.6 Å². The van der Waals surface area contributed by atoms with Crippen molar-refractivity contribution in [1.82, 2.24) is 5.43 Å². The van der Waals surface area contributed by atoms with Crippen LogP contribution in [0.2, 0.25) is 0 Å². The first-order valence-electron chi connectivity index (χ1n) is 6.21. The quantitative estimate of drug-likeness (QED) is 0.661. The molecule has 2 aromatic rings. The SMILES string of the molecule is CC(=NNC(=O)C(O)c1ccccc1C)c1ccco1. The van der Waals surface area contributed by atoms with Gasteiger partial charge in [-0.05, 0) is 37.1 Å². The average molecular weight is 272 g/mol. The molecule has 0 aliphatic heterocycles. The van der Waals surface area contributed by atoms with Crippen molar-refractivity contribution in [2.45, 2.75) is 20.0 Å². The maximum absolute atomic E-state index is 11.9. The Balaban J connectivity index is 2.06. The summed E-state index contributed by atoms with van der Waals surface area (Å²) >= 11 is 0. The van der Waals surface area contributed by atoms with E-state index < -0.39 is 12.0 Å². The van der Waals surface area contributed by atoms with Crippen molar-refractivity contribution in [3.8, 4) is 0 Å². The summed E-state index contributed by atoms with van der Waals surface area (Å²) in [5, 5.41) is 13.9. The number of benzene rings is 1. The van der Waals surface area contributed by atoms with Crippen molar-refractivity contribution in [2.75, 3.05) is 0 Å². The van der Waals surface area contributed by atoms with E-state index in [9.17, 15) is 9.90 Å². The van der Waals surface area contributed by atoms with Crippen LogP contribution in [0.1, 0.15) is 29.9 Å². The number of carbonyl (C=O) groups excluding carboxylic acids is 1. The predicted molar refractivity (Wildman–Crippen MR) is 75.2 cm³/mol. The summed E-state index contributed by atoms with van der Waals surface area (Å²) in [6.07, 6.45) is 0.280. The molecule has 0 bridgehead atoms. The molecular weight excluding hydrogens is 256 g/mol. The number of aryl methyl sites for hydroxylation is 1. The normalized spacial score (nSPS) is 13.1. The number of amides is 1. The van der Waals surface area contributed by atoms with Crippen LogP contribution in [0.3, 0.4) is 0 Å². The summed E-state index contributed by atoms with van der Waals surface area (Å²) in [6, 6.07) is 10.6. The Labute approximate surface area is 116 Å². The highest BCUT2D eigenvalue weighted by molar-refractivity contribution is 5.97. The van der Waals surface area contributed by atoms with E-state index in [1.807, 2.05) is 19.1 Å². The maximum atomic E-state index is 11.9. The fourth-order valence-electron chi connectivity index (χ4n) is 1.77. The van der Waals surface area contributed by atoms with Crippen LogP contribution < -0.4 is 5.43 Å². The fraction of sp³-hybridized carbons (Fsp3) is 0.200.